The summed E-state index contributed by atoms with van der Waals surface area (Å²) in [7, 11) is 0. The molecule has 1 aliphatic rings. The molecule has 2 aromatic rings. The standard InChI is InChI=1S/C21H19FN2O5/c22-16-6-4-14(5-7-16)10-11-23-18(25)13-29-21(28)15-2-1-3-17(12-15)24-19(26)8-9-20(24)27/h1-7,12H,8-11,13H2,(H,23,25). The maximum Gasteiger partial charge on any atom is 0.338 e. The van der Waals surface area contributed by atoms with Crippen molar-refractivity contribution >= 4 is 29.4 Å². The minimum atomic E-state index is -0.736. The summed E-state index contributed by atoms with van der Waals surface area (Å²) in [4.78, 5) is 48.7. The molecule has 1 N–H and O–H groups in total. The second kappa shape index (κ2) is 9.09. The zero-order chi connectivity index (χ0) is 20.8. The molecular weight excluding hydrogens is 379 g/mol. The highest BCUT2D eigenvalue weighted by Crippen LogP contribution is 2.23. The van der Waals surface area contributed by atoms with Gasteiger partial charge in [0, 0.05) is 19.4 Å². The quantitative estimate of drug-likeness (QED) is 0.569. The highest BCUT2D eigenvalue weighted by Gasteiger charge is 2.30. The molecule has 7 nitrogen and oxygen atoms in total. The summed E-state index contributed by atoms with van der Waals surface area (Å²) in [5.41, 5.74) is 1.30. The Balaban J connectivity index is 1.48. The Bertz CT molecular complexity index is 926. The van der Waals surface area contributed by atoms with Crippen molar-refractivity contribution in [2.75, 3.05) is 18.1 Å². The summed E-state index contributed by atoms with van der Waals surface area (Å²) >= 11 is 0. The Labute approximate surface area is 166 Å². The molecule has 0 saturated carbocycles. The third kappa shape index (κ3) is 5.25. The van der Waals surface area contributed by atoms with Crippen LogP contribution in [0.1, 0.15) is 28.8 Å². The number of hydrogen-bond donors (Lipinski definition) is 1. The van der Waals surface area contributed by atoms with Crippen LogP contribution < -0.4 is 10.2 Å². The first-order chi connectivity index (χ1) is 13.9. The summed E-state index contributed by atoms with van der Waals surface area (Å²) in [6.07, 6.45) is 0.803. The zero-order valence-electron chi connectivity index (χ0n) is 15.5. The maximum atomic E-state index is 12.8. The van der Waals surface area contributed by atoms with E-state index in [-0.39, 0.29) is 36.0 Å². The van der Waals surface area contributed by atoms with Crippen molar-refractivity contribution in [3.8, 4) is 0 Å². The Morgan fingerprint density at radius 1 is 1.03 bits per heavy atom. The van der Waals surface area contributed by atoms with Crippen molar-refractivity contribution in [1.29, 1.82) is 0 Å². The molecule has 0 radical (unpaired) electrons. The van der Waals surface area contributed by atoms with E-state index in [9.17, 15) is 23.6 Å². The summed E-state index contributed by atoms with van der Waals surface area (Å²) in [6.45, 7) is -0.148. The first kappa shape index (κ1) is 20.2. The van der Waals surface area contributed by atoms with Crippen LogP contribution in [-0.4, -0.2) is 36.8 Å². The molecule has 0 bridgehead atoms. The highest BCUT2D eigenvalue weighted by atomic mass is 19.1. The number of hydrogen-bond acceptors (Lipinski definition) is 5. The lowest BCUT2D eigenvalue weighted by Gasteiger charge is -2.14. The lowest BCUT2D eigenvalue weighted by Crippen LogP contribution is -2.30. The Hall–Kier alpha value is -3.55. The Morgan fingerprint density at radius 2 is 1.72 bits per heavy atom. The van der Waals surface area contributed by atoms with Crippen molar-refractivity contribution in [3.05, 3.63) is 65.5 Å². The molecule has 3 amide bonds. The van der Waals surface area contributed by atoms with Crippen LogP contribution in [0, 0.1) is 5.82 Å². The van der Waals surface area contributed by atoms with E-state index < -0.39 is 18.5 Å². The Kier molecular flexibility index (Phi) is 6.33. The number of nitrogens with zero attached hydrogens (tertiary/aromatic N) is 1. The van der Waals surface area contributed by atoms with Crippen molar-refractivity contribution in [2.24, 2.45) is 0 Å². The summed E-state index contributed by atoms with van der Waals surface area (Å²) < 4.78 is 17.8. The van der Waals surface area contributed by atoms with Gasteiger partial charge in [0.2, 0.25) is 11.8 Å². The molecule has 1 heterocycles. The molecule has 0 aliphatic carbocycles. The number of carbonyl (C=O) groups excluding carboxylic acids is 4. The molecule has 1 aliphatic heterocycles. The molecule has 29 heavy (non-hydrogen) atoms. The fraction of sp³-hybridized carbons (Fsp3) is 0.238. The van der Waals surface area contributed by atoms with Gasteiger partial charge >= 0.3 is 5.97 Å². The molecule has 1 saturated heterocycles. The van der Waals surface area contributed by atoms with E-state index in [0.29, 0.717) is 18.7 Å². The molecule has 150 valence electrons. The Morgan fingerprint density at radius 3 is 2.41 bits per heavy atom. The molecule has 1 fully saturated rings. The molecule has 3 rings (SSSR count). The van der Waals surface area contributed by atoms with Gasteiger partial charge in [-0.05, 0) is 42.3 Å². The SMILES string of the molecule is O=C(COC(=O)c1cccc(N2C(=O)CCC2=O)c1)NCCc1ccc(F)cc1. The summed E-state index contributed by atoms with van der Waals surface area (Å²) in [5.74, 6) is -2.17. The maximum absolute atomic E-state index is 12.8. The second-order valence-corrected chi connectivity index (χ2v) is 6.48. The molecule has 0 aromatic heterocycles. The van der Waals surface area contributed by atoms with Gasteiger partial charge in [0.15, 0.2) is 6.61 Å². The number of carbonyl (C=O) groups is 4. The number of anilines is 1. The lowest BCUT2D eigenvalue weighted by atomic mass is 10.1. The van der Waals surface area contributed by atoms with Gasteiger partial charge in [-0.15, -0.1) is 0 Å². The van der Waals surface area contributed by atoms with E-state index in [0.717, 1.165) is 10.5 Å². The average molecular weight is 398 g/mol. The minimum absolute atomic E-state index is 0.133. The molecule has 0 spiro atoms. The number of esters is 1. The number of benzene rings is 2. The number of ether oxygens (including phenoxy) is 1. The van der Waals surface area contributed by atoms with Gasteiger partial charge in [-0.2, -0.15) is 0 Å². The van der Waals surface area contributed by atoms with Crippen LogP contribution in [0.4, 0.5) is 10.1 Å². The highest BCUT2D eigenvalue weighted by molar-refractivity contribution is 6.20. The van der Waals surface area contributed by atoms with E-state index in [2.05, 4.69) is 5.32 Å². The van der Waals surface area contributed by atoms with E-state index in [4.69, 9.17) is 4.74 Å². The lowest BCUT2D eigenvalue weighted by molar-refractivity contribution is -0.124. The molecule has 2 aromatic carbocycles. The van der Waals surface area contributed by atoms with Crippen molar-refractivity contribution in [2.45, 2.75) is 19.3 Å². The normalized spacial score (nSPS) is 13.5. The van der Waals surface area contributed by atoms with Crippen LogP contribution in [0.25, 0.3) is 0 Å². The van der Waals surface area contributed by atoms with Crippen LogP contribution in [0.2, 0.25) is 0 Å². The monoisotopic (exact) mass is 398 g/mol. The fourth-order valence-corrected chi connectivity index (χ4v) is 2.90. The third-order valence-corrected chi connectivity index (χ3v) is 4.38. The number of imide groups is 1. The molecule has 0 unspecified atom stereocenters. The fourth-order valence-electron chi connectivity index (χ4n) is 2.90. The first-order valence-corrected chi connectivity index (χ1v) is 9.08. The van der Waals surface area contributed by atoms with Crippen LogP contribution in [0.3, 0.4) is 0 Å². The van der Waals surface area contributed by atoms with Gasteiger partial charge < -0.3 is 10.1 Å². The van der Waals surface area contributed by atoms with Crippen LogP contribution in [-0.2, 0) is 25.5 Å². The smallest absolute Gasteiger partial charge is 0.338 e. The zero-order valence-corrected chi connectivity index (χ0v) is 15.5. The first-order valence-electron chi connectivity index (χ1n) is 9.08. The van der Waals surface area contributed by atoms with Gasteiger partial charge in [0.25, 0.3) is 5.91 Å². The van der Waals surface area contributed by atoms with Crippen LogP contribution >= 0.6 is 0 Å². The van der Waals surface area contributed by atoms with E-state index in [1.165, 1.54) is 30.3 Å². The van der Waals surface area contributed by atoms with Gasteiger partial charge in [0.1, 0.15) is 5.82 Å². The summed E-state index contributed by atoms with van der Waals surface area (Å²) in [5, 5.41) is 2.61. The number of rotatable bonds is 7. The summed E-state index contributed by atoms with van der Waals surface area (Å²) in [6, 6.07) is 11.9. The van der Waals surface area contributed by atoms with Crippen LogP contribution in [0.15, 0.2) is 48.5 Å². The minimum Gasteiger partial charge on any atom is -0.452 e. The van der Waals surface area contributed by atoms with Crippen molar-refractivity contribution in [3.63, 3.8) is 0 Å². The molecule has 8 heteroatoms. The van der Waals surface area contributed by atoms with Gasteiger partial charge in [-0.25, -0.2) is 9.18 Å². The number of nitrogens with one attached hydrogen (secondary N) is 1. The molecular formula is C21H19FN2O5. The predicted octanol–water partition coefficient (Wildman–Crippen LogP) is 1.99. The predicted molar refractivity (Wildman–Crippen MR) is 102 cm³/mol. The van der Waals surface area contributed by atoms with Crippen LogP contribution in [0.5, 0.6) is 0 Å². The van der Waals surface area contributed by atoms with Gasteiger partial charge in [-0.3, -0.25) is 19.3 Å². The van der Waals surface area contributed by atoms with E-state index in [1.54, 1.807) is 18.2 Å². The van der Waals surface area contributed by atoms with E-state index >= 15 is 0 Å². The van der Waals surface area contributed by atoms with Crippen molar-refractivity contribution in [1.82, 2.24) is 5.32 Å². The average Bonchev–Trinajstić information content (AvgIpc) is 3.06. The number of amides is 3. The second-order valence-electron chi connectivity index (χ2n) is 6.48. The van der Waals surface area contributed by atoms with Gasteiger partial charge in [-0.1, -0.05) is 18.2 Å². The topological polar surface area (TPSA) is 92.8 Å². The number of halogens is 1. The van der Waals surface area contributed by atoms with Gasteiger partial charge in [0.05, 0.1) is 11.3 Å². The van der Waals surface area contributed by atoms with Crippen molar-refractivity contribution < 1.29 is 28.3 Å². The third-order valence-electron chi connectivity index (χ3n) is 4.38. The molecule has 0 atom stereocenters. The van der Waals surface area contributed by atoms with E-state index in [1.807, 2.05) is 0 Å². The largest absolute Gasteiger partial charge is 0.452 e.